The summed E-state index contributed by atoms with van der Waals surface area (Å²) in [6, 6.07) is 5.11. The number of hydrazine groups is 1. The highest BCUT2D eigenvalue weighted by Gasteiger charge is 2.18. The van der Waals surface area contributed by atoms with Gasteiger partial charge in [0.15, 0.2) is 0 Å². The summed E-state index contributed by atoms with van der Waals surface area (Å²) in [5.74, 6) is -2.77. The zero-order valence-corrected chi connectivity index (χ0v) is 10.2. The molecule has 0 atom stereocenters. The molecule has 1 rings (SSSR count). The summed E-state index contributed by atoms with van der Waals surface area (Å²) in [6.45, 7) is 0. The highest BCUT2D eigenvalue weighted by Crippen LogP contribution is 2.13. The van der Waals surface area contributed by atoms with Crippen molar-refractivity contribution in [3.8, 4) is 0 Å². The first kappa shape index (κ1) is 14.4. The van der Waals surface area contributed by atoms with Crippen molar-refractivity contribution in [3.63, 3.8) is 0 Å². The van der Waals surface area contributed by atoms with Crippen LogP contribution in [0.15, 0.2) is 29.2 Å². The van der Waals surface area contributed by atoms with Crippen molar-refractivity contribution >= 4 is 33.4 Å². The molecule has 0 radical (unpaired) electrons. The first-order valence-electron chi connectivity index (χ1n) is 4.38. The Morgan fingerprint density at radius 2 is 1.67 bits per heavy atom. The minimum atomic E-state index is -4.02. The van der Waals surface area contributed by atoms with Gasteiger partial charge in [0, 0.05) is 5.02 Å². The number of hydroxylamine groups is 1. The van der Waals surface area contributed by atoms with E-state index in [0.29, 0.717) is 5.02 Å². The van der Waals surface area contributed by atoms with Gasteiger partial charge in [0.2, 0.25) is 0 Å². The van der Waals surface area contributed by atoms with Crippen molar-refractivity contribution in [2.45, 2.75) is 4.90 Å². The Balaban J connectivity index is 2.74. The van der Waals surface area contributed by atoms with Crippen molar-refractivity contribution in [1.29, 1.82) is 0 Å². The summed E-state index contributed by atoms with van der Waals surface area (Å²) in [7, 11) is -4.02. The maximum absolute atomic E-state index is 11.6. The molecule has 8 nitrogen and oxygen atoms in total. The van der Waals surface area contributed by atoms with Crippen LogP contribution in [0, 0.1) is 0 Å². The third-order valence-electron chi connectivity index (χ3n) is 1.73. The number of amides is 2. The lowest BCUT2D eigenvalue weighted by atomic mass is 10.4. The first-order valence-corrected chi connectivity index (χ1v) is 6.24. The van der Waals surface area contributed by atoms with Gasteiger partial charge in [-0.2, -0.15) is 0 Å². The molecule has 2 amide bonds. The molecule has 0 saturated heterocycles. The van der Waals surface area contributed by atoms with Crippen LogP contribution in [0.4, 0.5) is 0 Å². The van der Waals surface area contributed by atoms with Crippen LogP contribution in [-0.2, 0) is 19.6 Å². The predicted octanol–water partition coefficient (Wildman–Crippen LogP) is -0.845. The van der Waals surface area contributed by atoms with Crippen LogP contribution >= 0.6 is 11.6 Å². The molecular formula is C8H8ClN3O5S. The molecule has 98 valence electrons. The lowest BCUT2D eigenvalue weighted by Gasteiger charge is -2.07. The largest absolute Gasteiger partial charge is 0.334 e. The van der Waals surface area contributed by atoms with E-state index in [0.717, 1.165) is 5.48 Å². The lowest BCUT2D eigenvalue weighted by molar-refractivity contribution is -0.144. The van der Waals surface area contributed by atoms with E-state index in [1.54, 1.807) is 10.3 Å². The fourth-order valence-corrected chi connectivity index (χ4v) is 1.86. The molecule has 4 N–H and O–H groups in total. The van der Waals surface area contributed by atoms with Crippen LogP contribution in [0.5, 0.6) is 0 Å². The van der Waals surface area contributed by atoms with Crippen LogP contribution in [0.3, 0.4) is 0 Å². The van der Waals surface area contributed by atoms with Gasteiger partial charge in [-0.15, -0.1) is 4.83 Å². The van der Waals surface area contributed by atoms with Crippen LogP contribution in [0.2, 0.25) is 5.02 Å². The molecule has 0 aliphatic rings. The first-order chi connectivity index (χ1) is 8.36. The van der Waals surface area contributed by atoms with Gasteiger partial charge in [0.1, 0.15) is 0 Å². The van der Waals surface area contributed by atoms with Crippen molar-refractivity contribution in [1.82, 2.24) is 15.7 Å². The Bertz CT molecular complexity index is 557. The normalized spacial score (nSPS) is 10.8. The summed E-state index contributed by atoms with van der Waals surface area (Å²) in [6.07, 6.45) is 0. The zero-order chi connectivity index (χ0) is 13.8. The van der Waals surface area contributed by atoms with Gasteiger partial charge in [0.25, 0.3) is 10.0 Å². The monoisotopic (exact) mass is 293 g/mol. The van der Waals surface area contributed by atoms with Crippen molar-refractivity contribution < 1.29 is 23.2 Å². The highest BCUT2D eigenvalue weighted by molar-refractivity contribution is 7.89. The lowest BCUT2D eigenvalue weighted by Crippen LogP contribution is -2.47. The van der Waals surface area contributed by atoms with E-state index in [2.05, 4.69) is 0 Å². The second kappa shape index (κ2) is 5.78. The molecule has 0 aliphatic heterocycles. The Labute approximate surface area is 107 Å². The van der Waals surface area contributed by atoms with Crippen molar-refractivity contribution in [3.05, 3.63) is 29.3 Å². The van der Waals surface area contributed by atoms with Crippen LogP contribution in [0.1, 0.15) is 0 Å². The number of sulfonamides is 1. The summed E-state index contributed by atoms with van der Waals surface area (Å²) in [5, 5.41) is 8.47. The van der Waals surface area contributed by atoms with Gasteiger partial charge in [-0.3, -0.25) is 20.2 Å². The number of hydrogen-bond acceptors (Lipinski definition) is 5. The van der Waals surface area contributed by atoms with Crippen LogP contribution in [-0.4, -0.2) is 25.4 Å². The predicted molar refractivity (Wildman–Crippen MR) is 59.8 cm³/mol. The minimum Gasteiger partial charge on any atom is -0.288 e. The van der Waals surface area contributed by atoms with Gasteiger partial charge < -0.3 is 0 Å². The summed E-state index contributed by atoms with van der Waals surface area (Å²) >= 11 is 5.58. The number of carbonyl (C=O) groups is 2. The number of rotatable bonds is 3. The van der Waals surface area contributed by atoms with E-state index in [-0.39, 0.29) is 4.90 Å². The van der Waals surface area contributed by atoms with Gasteiger partial charge in [-0.25, -0.2) is 13.9 Å². The standard InChI is InChI=1S/C8H8ClN3O5S/c9-5-1-3-6(4-2-5)18(16,17)12-10-7(13)8(14)11-15/h1-4,12,15H,(H,10,13)(H,11,14). The Hall–Kier alpha value is -1.68. The molecule has 0 bridgehead atoms. The molecule has 0 aromatic heterocycles. The summed E-state index contributed by atoms with van der Waals surface area (Å²) in [4.78, 5) is 23.0. The van der Waals surface area contributed by atoms with E-state index >= 15 is 0 Å². The molecular weight excluding hydrogens is 286 g/mol. The molecule has 18 heavy (non-hydrogen) atoms. The average Bonchev–Trinajstić information content (AvgIpc) is 2.35. The fraction of sp³-hybridized carbons (Fsp3) is 0. The maximum Gasteiger partial charge on any atom is 0.334 e. The number of nitrogens with one attached hydrogen (secondary N) is 3. The molecule has 0 unspecified atom stereocenters. The second-order valence-electron chi connectivity index (χ2n) is 2.95. The van der Waals surface area contributed by atoms with E-state index in [1.807, 2.05) is 0 Å². The fourth-order valence-electron chi connectivity index (χ4n) is 0.894. The molecule has 10 heteroatoms. The zero-order valence-electron chi connectivity index (χ0n) is 8.68. The summed E-state index contributed by atoms with van der Waals surface area (Å²) < 4.78 is 23.2. The molecule has 1 aromatic carbocycles. The summed E-state index contributed by atoms with van der Waals surface area (Å²) in [5.41, 5.74) is 2.65. The van der Waals surface area contributed by atoms with Gasteiger partial charge >= 0.3 is 11.8 Å². The second-order valence-corrected chi connectivity index (χ2v) is 5.07. The molecule has 0 heterocycles. The van der Waals surface area contributed by atoms with Crippen LogP contribution < -0.4 is 15.7 Å². The number of halogens is 1. The topological polar surface area (TPSA) is 125 Å². The maximum atomic E-state index is 11.6. The minimum absolute atomic E-state index is 0.156. The molecule has 0 aliphatic carbocycles. The molecule has 0 saturated carbocycles. The van der Waals surface area contributed by atoms with Gasteiger partial charge in [-0.1, -0.05) is 11.6 Å². The Kier molecular flexibility index (Phi) is 4.62. The molecule has 0 spiro atoms. The van der Waals surface area contributed by atoms with E-state index in [4.69, 9.17) is 16.8 Å². The average molecular weight is 294 g/mol. The van der Waals surface area contributed by atoms with E-state index in [9.17, 15) is 18.0 Å². The molecule has 0 fully saturated rings. The Morgan fingerprint density at radius 1 is 1.11 bits per heavy atom. The van der Waals surface area contributed by atoms with Gasteiger partial charge in [-0.05, 0) is 24.3 Å². The van der Waals surface area contributed by atoms with Crippen LogP contribution in [0.25, 0.3) is 0 Å². The Morgan fingerprint density at radius 3 is 2.17 bits per heavy atom. The third kappa shape index (κ3) is 3.67. The quantitative estimate of drug-likeness (QED) is 0.328. The van der Waals surface area contributed by atoms with E-state index < -0.39 is 21.8 Å². The number of hydrogen-bond donors (Lipinski definition) is 4. The SMILES string of the molecule is O=C(NO)C(=O)NNS(=O)(=O)c1ccc(Cl)cc1. The van der Waals surface area contributed by atoms with Crippen molar-refractivity contribution in [2.24, 2.45) is 0 Å². The molecule has 1 aromatic rings. The smallest absolute Gasteiger partial charge is 0.288 e. The van der Waals surface area contributed by atoms with E-state index in [1.165, 1.54) is 24.3 Å². The number of carbonyl (C=O) groups excluding carboxylic acids is 2. The number of benzene rings is 1. The van der Waals surface area contributed by atoms with Gasteiger partial charge in [0.05, 0.1) is 4.90 Å². The van der Waals surface area contributed by atoms with Crippen molar-refractivity contribution in [2.75, 3.05) is 0 Å². The third-order valence-corrected chi connectivity index (χ3v) is 3.25. The highest BCUT2D eigenvalue weighted by atomic mass is 35.5.